The summed E-state index contributed by atoms with van der Waals surface area (Å²) < 4.78 is 0. The first kappa shape index (κ1) is 18.9. The second-order valence-corrected chi connectivity index (χ2v) is 7.85. The number of hydrogen-bond donors (Lipinski definition) is 4. The van der Waals surface area contributed by atoms with Gasteiger partial charge in [-0.2, -0.15) is 0 Å². The molecule has 1 aromatic rings. The van der Waals surface area contributed by atoms with E-state index in [2.05, 4.69) is 41.8 Å². The fourth-order valence-corrected chi connectivity index (χ4v) is 4.11. The highest BCUT2D eigenvalue weighted by Crippen LogP contribution is 2.17. The number of imide groups is 1. The Bertz CT molecular complexity index is 620. The van der Waals surface area contributed by atoms with E-state index in [0.29, 0.717) is 6.54 Å². The molecule has 4 N–H and O–H groups in total. The summed E-state index contributed by atoms with van der Waals surface area (Å²) in [5.41, 5.74) is 2.68. The maximum absolute atomic E-state index is 12.1. The minimum Gasteiger partial charge on any atom is -0.335 e. The number of carbonyl (C=O) groups excluding carboxylic acids is 2. The molecule has 0 bridgehead atoms. The van der Waals surface area contributed by atoms with Crippen LogP contribution in [0.25, 0.3) is 0 Å². The number of nitrogens with one attached hydrogen (secondary N) is 4. The van der Waals surface area contributed by atoms with Gasteiger partial charge < -0.3 is 15.1 Å². The Balaban J connectivity index is 1.35. The van der Waals surface area contributed by atoms with E-state index in [1.54, 1.807) is 4.90 Å². The number of aryl methyl sites for hydroxylation is 1. The molecule has 0 spiro atoms. The molecule has 3 amide bonds. The van der Waals surface area contributed by atoms with Crippen LogP contribution < -0.4 is 20.4 Å². The van der Waals surface area contributed by atoms with Crippen molar-refractivity contribution in [2.45, 2.75) is 45.2 Å². The Morgan fingerprint density at radius 2 is 1.77 bits per heavy atom. The number of amides is 3. The van der Waals surface area contributed by atoms with Gasteiger partial charge in [-0.1, -0.05) is 42.7 Å². The van der Waals surface area contributed by atoms with Crippen molar-refractivity contribution < 1.29 is 19.4 Å². The largest absolute Gasteiger partial charge is 0.335 e. The topological polar surface area (TPSA) is 67.1 Å². The van der Waals surface area contributed by atoms with Gasteiger partial charge in [0, 0.05) is 11.6 Å². The lowest BCUT2D eigenvalue weighted by atomic mass is 10.1. The van der Waals surface area contributed by atoms with Crippen LogP contribution >= 0.6 is 0 Å². The number of benzene rings is 1. The van der Waals surface area contributed by atoms with Gasteiger partial charge in [-0.3, -0.25) is 10.1 Å². The predicted octanol–water partition coefficient (Wildman–Crippen LogP) is -0.953. The van der Waals surface area contributed by atoms with Crippen LogP contribution in [0.4, 0.5) is 4.79 Å². The van der Waals surface area contributed by atoms with Gasteiger partial charge in [-0.05, 0) is 19.8 Å². The first-order valence-electron chi connectivity index (χ1n) is 9.91. The summed E-state index contributed by atoms with van der Waals surface area (Å²) in [6, 6.07) is 8.60. The monoisotopic (exact) mass is 360 g/mol. The van der Waals surface area contributed by atoms with Gasteiger partial charge in [0.05, 0.1) is 0 Å². The third kappa shape index (κ3) is 5.81. The molecular formula is C20H32N4O2+2. The van der Waals surface area contributed by atoms with Crippen LogP contribution in [0.15, 0.2) is 24.3 Å². The fraction of sp³-hybridized carbons (Fsp3) is 0.600. The lowest BCUT2D eigenvalue weighted by Crippen LogP contribution is -3.28. The van der Waals surface area contributed by atoms with Gasteiger partial charge in [0.1, 0.15) is 32.7 Å². The van der Waals surface area contributed by atoms with Crippen LogP contribution in [-0.2, 0) is 11.3 Å². The Labute approximate surface area is 155 Å². The van der Waals surface area contributed by atoms with Gasteiger partial charge in [0.2, 0.25) is 0 Å². The zero-order valence-electron chi connectivity index (χ0n) is 15.8. The molecule has 6 nitrogen and oxygen atoms in total. The Morgan fingerprint density at radius 3 is 2.46 bits per heavy atom. The number of hydrogen-bond acceptors (Lipinski definition) is 2. The van der Waals surface area contributed by atoms with Crippen LogP contribution in [0, 0.1) is 6.92 Å². The van der Waals surface area contributed by atoms with E-state index in [1.165, 1.54) is 16.0 Å². The van der Waals surface area contributed by atoms with Crippen molar-refractivity contribution in [3.63, 3.8) is 0 Å². The molecule has 26 heavy (non-hydrogen) atoms. The summed E-state index contributed by atoms with van der Waals surface area (Å²) in [5, 5.41) is 5.40. The van der Waals surface area contributed by atoms with Crippen LogP contribution in [0.5, 0.6) is 0 Å². The Kier molecular flexibility index (Phi) is 6.63. The third-order valence-corrected chi connectivity index (χ3v) is 5.55. The van der Waals surface area contributed by atoms with Crippen LogP contribution in [0.1, 0.15) is 36.8 Å². The van der Waals surface area contributed by atoms with Crippen molar-refractivity contribution in [3.05, 3.63) is 35.4 Å². The summed E-state index contributed by atoms with van der Waals surface area (Å²) >= 11 is 0. The molecule has 1 aromatic carbocycles. The average Bonchev–Trinajstić information content (AvgIpc) is 3.09. The molecular weight excluding hydrogens is 328 g/mol. The molecule has 6 heteroatoms. The third-order valence-electron chi connectivity index (χ3n) is 5.55. The molecule has 0 atom stereocenters. The molecule has 3 rings (SSSR count). The minimum atomic E-state index is -0.329. The fourth-order valence-electron chi connectivity index (χ4n) is 4.11. The number of urea groups is 1. The van der Waals surface area contributed by atoms with Gasteiger partial charge in [-0.25, -0.2) is 4.79 Å². The minimum absolute atomic E-state index is 0.169. The zero-order valence-corrected chi connectivity index (χ0v) is 15.8. The van der Waals surface area contributed by atoms with Crippen LogP contribution in [0.2, 0.25) is 0 Å². The standard InChI is InChI=1S/C20H30N4O2/c1-16-5-4-6-17(13-16)14-23-9-11-24(12-10-23)15-19(25)22-20(26)21-18-7-2-3-8-18/h4-6,13,18H,2-3,7-12,14-15H2,1H3,(H2,21,22,25,26)/p+2. The highest BCUT2D eigenvalue weighted by molar-refractivity contribution is 5.94. The zero-order chi connectivity index (χ0) is 18.4. The second kappa shape index (κ2) is 9.14. The van der Waals surface area contributed by atoms with Crippen molar-refractivity contribution in [2.24, 2.45) is 0 Å². The molecule has 0 unspecified atom stereocenters. The molecule has 142 valence electrons. The molecule has 2 aliphatic rings. The van der Waals surface area contributed by atoms with E-state index in [0.717, 1.165) is 58.4 Å². The van der Waals surface area contributed by atoms with Gasteiger partial charge in [-0.15, -0.1) is 0 Å². The average molecular weight is 361 g/mol. The van der Waals surface area contributed by atoms with Crippen LogP contribution in [-0.4, -0.2) is 50.7 Å². The van der Waals surface area contributed by atoms with E-state index in [4.69, 9.17) is 0 Å². The van der Waals surface area contributed by atoms with Crippen molar-refractivity contribution in [2.75, 3.05) is 32.7 Å². The van der Waals surface area contributed by atoms with Gasteiger partial charge in [0.25, 0.3) is 5.91 Å². The lowest BCUT2D eigenvalue weighted by molar-refractivity contribution is -1.02. The summed E-state index contributed by atoms with van der Waals surface area (Å²) in [6.45, 7) is 7.62. The van der Waals surface area contributed by atoms with E-state index >= 15 is 0 Å². The van der Waals surface area contributed by atoms with Gasteiger partial charge >= 0.3 is 6.03 Å². The number of quaternary nitrogens is 2. The highest BCUT2D eigenvalue weighted by atomic mass is 16.2. The Morgan fingerprint density at radius 1 is 1.08 bits per heavy atom. The smallest absolute Gasteiger partial charge is 0.321 e. The van der Waals surface area contributed by atoms with E-state index < -0.39 is 0 Å². The SMILES string of the molecule is Cc1cccc(C[NH+]2CC[NH+](CC(=O)NC(=O)NC3CCCC3)CC2)c1. The summed E-state index contributed by atoms with van der Waals surface area (Å²) in [5.74, 6) is -0.169. The predicted molar refractivity (Wildman–Crippen MR) is 100 cm³/mol. The first-order valence-corrected chi connectivity index (χ1v) is 9.91. The maximum Gasteiger partial charge on any atom is 0.321 e. The molecule has 0 aromatic heterocycles. The normalized spacial score (nSPS) is 23.6. The summed E-state index contributed by atoms with van der Waals surface area (Å²) in [7, 11) is 0. The number of rotatable bonds is 5. The second-order valence-electron chi connectivity index (χ2n) is 7.85. The summed E-state index contributed by atoms with van der Waals surface area (Å²) in [4.78, 5) is 26.8. The van der Waals surface area contributed by atoms with Crippen molar-refractivity contribution in [1.29, 1.82) is 0 Å². The first-order chi connectivity index (χ1) is 12.6. The Hall–Kier alpha value is -1.92. The van der Waals surface area contributed by atoms with Crippen molar-refractivity contribution >= 4 is 11.9 Å². The molecule has 1 heterocycles. The maximum atomic E-state index is 12.1. The number of carbonyl (C=O) groups is 2. The molecule has 1 saturated heterocycles. The van der Waals surface area contributed by atoms with E-state index in [9.17, 15) is 9.59 Å². The van der Waals surface area contributed by atoms with Gasteiger partial charge in [0.15, 0.2) is 6.54 Å². The highest BCUT2D eigenvalue weighted by Gasteiger charge is 2.26. The van der Waals surface area contributed by atoms with Crippen molar-refractivity contribution in [3.8, 4) is 0 Å². The number of piperazine rings is 1. The molecule has 0 radical (unpaired) electrons. The molecule has 1 aliphatic heterocycles. The van der Waals surface area contributed by atoms with E-state index in [-0.39, 0.29) is 18.0 Å². The lowest BCUT2D eigenvalue weighted by Gasteiger charge is -2.29. The molecule has 1 aliphatic carbocycles. The quantitative estimate of drug-likeness (QED) is 0.547. The van der Waals surface area contributed by atoms with Crippen molar-refractivity contribution in [1.82, 2.24) is 10.6 Å². The van der Waals surface area contributed by atoms with E-state index in [1.807, 2.05) is 0 Å². The van der Waals surface area contributed by atoms with Crippen LogP contribution in [0.3, 0.4) is 0 Å². The molecule has 1 saturated carbocycles. The molecule has 2 fully saturated rings. The summed E-state index contributed by atoms with van der Waals surface area (Å²) in [6.07, 6.45) is 4.38.